The topological polar surface area (TPSA) is 78.5 Å². The van der Waals surface area contributed by atoms with Crippen LogP contribution in [0.1, 0.15) is 44.2 Å². The van der Waals surface area contributed by atoms with Crippen LogP contribution < -0.4 is 15.5 Å². The van der Waals surface area contributed by atoms with E-state index in [1.807, 2.05) is 24.0 Å². The summed E-state index contributed by atoms with van der Waals surface area (Å²) in [6, 6.07) is 3.59. The van der Waals surface area contributed by atoms with E-state index in [9.17, 15) is 14.4 Å². The van der Waals surface area contributed by atoms with Crippen LogP contribution in [0.25, 0.3) is 0 Å². The third kappa shape index (κ3) is 2.69. The van der Waals surface area contributed by atoms with Crippen molar-refractivity contribution in [2.45, 2.75) is 45.6 Å². The van der Waals surface area contributed by atoms with Gasteiger partial charge >= 0.3 is 11.8 Å². The Morgan fingerprint density at radius 3 is 2.70 bits per heavy atom. The standard InChI is InChI=1S/C17H21N3O3/c1-9(2)18-15(21)16(22)19-12-7-11-5-4-6-20-14(11)13(8-12)10(3)17(20)23/h7-10H,4-6H2,1-3H3,(H,18,21)(H,19,22)/t10-/m0/s1. The van der Waals surface area contributed by atoms with E-state index in [1.165, 1.54) is 0 Å². The van der Waals surface area contributed by atoms with Crippen LogP contribution in [-0.2, 0) is 20.8 Å². The maximum Gasteiger partial charge on any atom is 0.313 e. The Balaban J connectivity index is 1.88. The van der Waals surface area contributed by atoms with Gasteiger partial charge in [-0.25, -0.2) is 0 Å². The second kappa shape index (κ2) is 5.68. The van der Waals surface area contributed by atoms with Crippen LogP contribution in [0, 0.1) is 0 Å². The van der Waals surface area contributed by atoms with Crippen molar-refractivity contribution in [1.82, 2.24) is 5.32 Å². The second-order valence-corrected chi connectivity index (χ2v) is 6.47. The minimum absolute atomic E-state index is 0.0966. The quantitative estimate of drug-likeness (QED) is 0.813. The van der Waals surface area contributed by atoms with Gasteiger partial charge in [0.25, 0.3) is 0 Å². The van der Waals surface area contributed by atoms with Gasteiger partial charge in [0.05, 0.1) is 11.6 Å². The van der Waals surface area contributed by atoms with Crippen LogP contribution in [0.4, 0.5) is 11.4 Å². The van der Waals surface area contributed by atoms with Crippen molar-refractivity contribution in [3.05, 3.63) is 23.3 Å². The molecule has 0 bridgehead atoms. The molecular formula is C17H21N3O3. The van der Waals surface area contributed by atoms with Gasteiger partial charge in [0, 0.05) is 18.3 Å². The van der Waals surface area contributed by atoms with Crippen molar-refractivity contribution < 1.29 is 14.4 Å². The van der Waals surface area contributed by atoms with E-state index >= 15 is 0 Å². The molecule has 2 N–H and O–H groups in total. The molecule has 1 aromatic carbocycles. The molecule has 23 heavy (non-hydrogen) atoms. The Labute approximate surface area is 135 Å². The lowest BCUT2D eigenvalue weighted by molar-refractivity contribution is -0.136. The Morgan fingerprint density at radius 2 is 2.00 bits per heavy atom. The molecule has 1 atom stereocenters. The van der Waals surface area contributed by atoms with Crippen molar-refractivity contribution in [2.75, 3.05) is 16.8 Å². The molecule has 0 saturated heterocycles. The van der Waals surface area contributed by atoms with Gasteiger partial charge in [-0.05, 0) is 56.9 Å². The van der Waals surface area contributed by atoms with E-state index in [1.54, 1.807) is 13.8 Å². The Bertz CT molecular complexity index is 697. The zero-order valence-electron chi connectivity index (χ0n) is 13.6. The number of carbonyl (C=O) groups excluding carboxylic acids is 3. The van der Waals surface area contributed by atoms with Gasteiger partial charge in [-0.2, -0.15) is 0 Å². The minimum Gasteiger partial charge on any atom is -0.346 e. The molecule has 0 unspecified atom stereocenters. The molecule has 6 heteroatoms. The summed E-state index contributed by atoms with van der Waals surface area (Å²) in [5.74, 6) is -1.43. The maximum absolute atomic E-state index is 12.3. The molecule has 0 radical (unpaired) electrons. The van der Waals surface area contributed by atoms with E-state index in [2.05, 4.69) is 10.6 Å². The maximum atomic E-state index is 12.3. The summed E-state index contributed by atoms with van der Waals surface area (Å²) in [7, 11) is 0. The Kier molecular flexibility index (Phi) is 3.83. The smallest absolute Gasteiger partial charge is 0.313 e. The average Bonchev–Trinajstić information content (AvgIpc) is 2.73. The van der Waals surface area contributed by atoms with Crippen LogP contribution in [0.5, 0.6) is 0 Å². The van der Waals surface area contributed by atoms with Gasteiger partial charge in [0.1, 0.15) is 0 Å². The number of carbonyl (C=O) groups is 3. The summed E-state index contributed by atoms with van der Waals surface area (Å²) >= 11 is 0. The van der Waals surface area contributed by atoms with Crippen LogP contribution in [0.15, 0.2) is 12.1 Å². The molecular weight excluding hydrogens is 294 g/mol. The fraction of sp³-hybridized carbons (Fsp3) is 0.471. The Morgan fingerprint density at radius 1 is 1.26 bits per heavy atom. The van der Waals surface area contributed by atoms with Crippen LogP contribution in [-0.4, -0.2) is 30.3 Å². The van der Waals surface area contributed by atoms with Crippen LogP contribution >= 0.6 is 0 Å². The lowest BCUT2D eigenvalue weighted by Gasteiger charge is -2.26. The number of rotatable bonds is 2. The van der Waals surface area contributed by atoms with Crippen LogP contribution in [0.2, 0.25) is 0 Å². The fourth-order valence-corrected chi connectivity index (χ4v) is 3.28. The second-order valence-electron chi connectivity index (χ2n) is 6.47. The van der Waals surface area contributed by atoms with E-state index in [0.717, 1.165) is 36.2 Å². The highest BCUT2D eigenvalue weighted by molar-refractivity contribution is 6.39. The lowest BCUT2D eigenvalue weighted by Crippen LogP contribution is -2.39. The molecule has 1 aromatic rings. The highest BCUT2D eigenvalue weighted by atomic mass is 16.2. The minimum atomic E-state index is -0.685. The number of aryl methyl sites for hydroxylation is 1. The predicted octanol–water partition coefficient (Wildman–Crippen LogP) is 1.55. The first-order valence-corrected chi connectivity index (χ1v) is 7.98. The summed E-state index contributed by atoms with van der Waals surface area (Å²) in [5.41, 5.74) is 3.57. The Hall–Kier alpha value is -2.37. The molecule has 0 fully saturated rings. The molecule has 0 saturated carbocycles. The fourth-order valence-electron chi connectivity index (χ4n) is 3.28. The van der Waals surface area contributed by atoms with Gasteiger partial charge in [-0.3, -0.25) is 14.4 Å². The van der Waals surface area contributed by atoms with Gasteiger partial charge < -0.3 is 15.5 Å². The summed E-state index contributed by atoms with van der Waals surface area (Å²) in [5, 5.41) is 5.21. The predicted molar refractivity (Wildman–Crippen MR) is 87.4 cm³/mol. The first-order chi connectivity index (χ1) is 10.9. The molecule has 0 spiro atoms. The van der Waals surface area contributed by atoms with Crippen molar-refractivity contribution >= 4 is 29.1 Å². The van der Waals surface area contributed by atoms with Crippen molar-refractivity contribution in [1.29, 1.82) is 0 Å². The zero-order chi connectivity index (χ0) is 16.7. The molecule has 122 valence electrons. The number of anilines is 2. The molecule has 6 nitrogen and oxygen atoms in total. The van der Waals surface area contributed by atoms with E-state index in [4.69, 9.17) is 0 Å². The third-order valence-electron chi connectivity index (χ3n) is 4.30. The van der Waals surface area contributed by atoms with Gasteiger partial charge in [0.15, 0.2) is 0 Å². The zero-order valence-corrected chi connectivity index (χ0v) is 13.6. The van der Waals surface area contributed by atoms with Crippen LogP contribution in [0.3, 0.4) is 0 Å². The highest BCUT2D eigenvalue weighted by Gasteiger charge is 2.38. The molecule has 2 heterocycles. The first kappa shape index (κ1) is 15.5. The molecule has 2 aliphatic heterocycles. The van der Waals surface area contributed by atoms with E-state index in [-0.39, 0.29) is 17.9 Å². The van der Waals surface area contributed by atoms with Gasteiger partial charge in [-0.1, -0.05) is 0 Å². The molecule has 0 aliphatic carbocycles. The summed E-state index contributed by atoms with van der Waals surface area (Å²) in [6.07, 6.45) is 1.79. The first-order valence-electron chi connectivity index (χ1n) is 7.98. The average molecular weight is 315 g/mol. The molecule has 3 rings (SSSR count). The van der Waals surface area contributed by atoms with E-state index in [0.29, 0.717) is 5.69 Å². The number of hydrogen-bond donors (Lipinski definition) is 2. The summed E-state index contributed by atoms with van der Waals surface area (Å²) < 4.78 is 0. The monoisotopic (exact) mass is 315 g/mol. The summed E-state index contributed by atoms with van der Waals surface area (Å²) in [6.45, 7) is 6.23. The number of nitrogens with zero attached hydrogens (tertiary/aromatic N) is 1. The van der Waals surface area contributed by atoms with Gasteiger partial charge in [-0.15, -0.1) is 0 Å². The van der Waals surface area contributed by atoms with Crippen molar-refractivity contribution in [3.63, 3.8) is 0 Å². The van der Waals surface area contributed by atoms with Crippen molar-refractivity contribution in [3.8, 4) is 0 Å². The number of amides is 3. The third-order valence-corrected chi connectivity index (χ3v) is 4.30. The molecule has 0 aromatic heterocycles. The van der Waals surface area contributed by atoms with Gasteiger partial charge in [0.2, 0.25) is 5.91 Å². The normalized spacial score (nSPS) is 18.9. The SMILES string of the molecule is CC(C)NC(=O)C(=O)Nc1cc2c3c(c1)[C@H](C)C(=O)N3CCC2. The van der Waals surface area contributed by atoms with E-state index < -0.39 is 11.8 Å². The lowest BCUT2D eigenvalue weighted by atomic mass is 9.96. The number of nitrogens with one attached hydrogen (secondary N) is 2. The number of benzene rings is 1. The summed E-state index contributed by atoms with van der Waals surface area (Å²) in [4.78, 5) is 37.9. The number of hydrogen-bond acceptors (Lipinski definition) is 3. The van der Waals surface area contributed by atoms with Crippen molar-refractivity contribution in [2.24, 2.45) is 0 Å². The molecule has 3 amide bonds. The largest absolute Gasteiger partial charge is 0.346 e. The highest BCUT2D eigenvalue weighted by Crippen LogP contribution is 2.44. The molecule has 2 aliphatic rings.